The monoisotopic (exact) mass is 305 g/mol. The first-order chi connectivity index (χ1) is 9.97. The molecule has 21 heavy (non-hydrogen) atoms. The Kier molecular flexibility index (Phi) is 4.93. The average molecular weight is 305 g/mol. The van der Waals surface area contributed by atoms with Gasteiger partial charge in [0.15, 0.2) is 0 Å². The summed E-state index contributed by atoms with van der Waals surface area (Å²) in [6.07, 6.45) is 2.08. The Labute approximate surface area is 125 Å². The van der Waals surface area contributed by atoms with Crippen molar-refractivity contribution in [1.29, 1.82) is 0 Å². The molecule has 0 unspecified atom stereocenters. The number of aryl methyl sites for hydroxylation is 1. The molecule has 5 nitrogen and oxygen atoms in total. The van der Waals surface area contributed by atoms with E-state index in [1.807, 2.05) is 30.3 Å². The molecule has 0 fully saturated rings. The maximum Gasteiger partial charge on any atom is 0.214 e. The van der Waals surface area contributed by atoms with Crippen molar-refractivity contribution in [2.75, 3.05) is 18.5 Å². The Hall–Kier alpha value is -1.92. The molecule has 1 heterocycles. The highest BCUT2D eigenvalue weighted by atomic mass is 32.2. The Morgan fingerprint density at radius 3 is 2.48 bits per heavy atom. The molecule has 0 spiro atoms. The molecule has 6 heteroatoms. The number of rotatable bonds is 6. The molecule has 0 amide bonds. The van der Waals surface area contributed by atoms with E-state index in [4.69, 9.17) is 5.73 Å². The second kappa shape index (κ2) is 6.69. The summed E-state index contributed by atoms with van der Waals surface area (Å²) in [7, 11) is -1.72. The van der Waals surface area contributed by atoms with Gasteiger partial charge in [-0.2, -0.15) is 0 Å². The Bertz CT molecular complexity index is 670. The smallest absolute Gasteiger partial charge is 0.214 e. The number of aromatic nitrogens is 1. The van der Waals surface area contributed by atoms with E-state index in [1.54, 1.807) is 25.4 Å². The van der Waals surface area contributed by atoms with Crippen LogP contribution in [0.2, 0.25) is 0 Å². The molecule has 0 aliphatic heterocycles. The van der Waals surface area contributed by atoms with Crippen molar-refractivity contribution in [1.82, 2.24) is 9.29 Å². The fourth-order valence-corrected chi connectivity index (χ4v) is 3.04. The summed E-state index contributed by atoms with van der Waals surface area (Å²) in [6.45, 7) is 0.338. The molecule has 0 saturated heterocycles. The van der Waals surface area contributed by atoms with E-state index in [0.29, 0.717) is 18.7 Å². The van der Waals surface area contributed by atoms with Gasteiger partial charge in [0.25, 0.3) is 0 Å². The van der Waals surface area contributed by atoms with Crippen molar-refractivity contribution in [2.24, 2.45) is 0 Å². The van der Waals surface area contributed by atoms with Crippen LogP contribution in [0.1, 0.15) is 11.3 Å². The van der Waals surface area contributed by atoms with Crippen LogP contribution in [0.4, 0.5) is 5.69 Å². The third kappa shape index (κ3) is 4.54. The Balaban J connectivity index is 1.96. The summed E-state index contributed by atoms with van der Waals surface area (Å²) in [6, 6.07) is 12.7. The SMILES string of the molecule is CN(Cc1ccc(N)cc1)S(=O)(=O)CCc1ccccn1. The molecule has 1 aromatic carbocycles. The molecule has 0 bridgehead atoms. The van der Waals surface area contributed by atoms with Crippen molar-refractivity contribution in [2.45, 2.75) is 13.0 Å². The molecule has 0 radical (unpaired) electrons. The fraction of sp³-hybridized carbons (Fsp3) is 0.267. The van der Waals surface area contributed by atoms with Crippen LogP contribution in [0.5, 0.6) is 0 Å². The number of pyridine rings is 1. The molecule has 0 aliphatic rings. The minimum Gasteiger partial charge on any atom is -0.399 e. The third-order valence-electron chi connectivity index (χ3n) is 3.20. The van der Waals surface area contributed by atoms with Gasteiger partial charge in [0, 0.05) is 37.6 Å². The normalized spacial score (nSPS) is 11.7. The topological polar surface area (TPSA) is 76.3 Å². The first-order valence-electron chi connectivity index (χ1n) is 6.66. The molecule has 2 N–H and O–H groups in total. The van der Waals surface area contributed by atoms with Gasteiger partial charge in [-0.15, -0.1) is 0 Å². The highest BCUT2D eigenvalue weighted by molar-refractivity contribution is 7.89. The first-order valence-corrected chi connectivity index (χ1v) is 8.26. The number of nitrogens with two attached hydrogens (primary N) is 1. The molecule has 0 saturated carbocycles. The predicted molar refractivity (Wildman–Crippen MR) is 84.0 cm³/mol. The van der Waals surface area contributed by atoms with E-state index in [1.165, 1.54) is 4.31 Å². The predicted octanol–water partition coefficient (Wildman–Crippen LogP) is 1.67. The molecule has 0 atom stereocenters. The van der Waals surface area contributed by atoms with Gasteiger partial charge < -0.3 is 5.73 Å². The van der Waals surface area contributed by atoms with Crippen molar-refractivity contribution in [3.8, 4) is 0 Å². The van der Waals surface area contributed by atoms with Crippen LogP contribution in [0.3, 0.4) is 0 Å². The summed E-state index contributed by atoms with van der Waals surface area (Å²) in [4.78, 5) is 4.14. The minimum absolute atomic E-state index is 0.0511. The zero-order valence-corrected chi connectivity index (χ0v) is 12.8. The Morgan fingerprint density at radius 1 is 1.14 bits per heavy atom. The molecule has 1 aromatic heterocycles. The van der Waals surface area contributed by atoms with E-state index in [-0.39, 0.29) is 5.75 Å². The highest BCUT2D eigenvalue weighted by Gasteiger charge is 2.18. The molecule has 112 valence electrons. The number of benzene rings is 1. The van der Waals surface area contributed by atoms with Crippen molar-refractivity contribution in [3.63, 3.8) is 0 Å². The highest BCUT2D eigenvalue weighted by Crippen LogP contribution is 2.11. The van der Waals surface area contributed by atoms with Crippen LogP contribution in [0.25, 0.3) is 0 Å². The lowest BCUT2D eigenvalue weighted by Gasteiger charge is -2.17. The first kappa shape index (κ1) is 15.5. The number of hydrogen-bond acceptors (Lipinski definition) is 4. The van der Waals surface area contributed by atoms with Gasteiger partial charge >= 0.3 is 0 Å². The number of sulfonamides is 1. The number of anilines is 1. The minimum atomic E-state index is -3.30. The fourth-order valence-electron chi connectivity index (χ4n) is 1.91. The van der Waals surface area contributed by atoms with E-state index < -0.39 is 10.0 Å². The van der Waals surface area contributed by atoms with Crippen molar-refractivity contribution < 1.29 is 8.42 Å². The van der Waals surface area contributed by atoms with Crippen LogP contribution in [-0.4, -0.2) is 30.5 Å². The molecule has 2 aromatic rings. The maximum absolute atomic E-state index is 12.2. The zero-order chi connectivity index (χ0) is 15.3. The van der Waals surface area contributed by atoms with Crippen molar-refractivity contribution in [3.05, 3.63) is 59.9 Å². The Morgan fingerprint density at radius 2 is 1.86 bits per heavy atom. The van der Waals surface area contributed by atoms with E-state index in [9.17, 15) is 8.42 Å². The lowest BCUT2D eigenvalue weighted by molar-refractivity contribution is 0.466. The van der Waals surface area contributed by atoms with Gasteiger partial charge in [-0.25, -0.2) is 12.7 Å². The molecule has 0 aliphatic carbocycles. The molecular weight excluding hydrogens is 286 g/mol. The third-order valence-corrected chi connectivity index (χ3v) is 5.00. The van der Waals surface area contributed by atoms with Gasteiger partial charge in [-0.1, -0.05) is 18.2 Å². The second-order valence-electron chi connectivity index (χ2n) is 4.88. The standard InChI is InChI=1S/C15H19N3O2S/c1-18(12-13-5-7-14(16)8-6-13)21(19,20)11-9-15-4-2-3-10-17-15/h2-8,10H,9,11-12,16H2,1H3. The maximum atomic E-state index is 12.2. The average Bonchev–Trinajstić information content (AvgIpc) is 2.48. The van der Waals surface area contributed by atoms with Gasteiger partial charge in [-0.05, 0) is 29.8 Å². The van der Waals surface area contributed by atoms with Crippen LogP contribution < -0.4 is 5.73 Å². The van der Waals surface area contributed by atoms with Crippen LogP contribution >= 0.6 is 0 Å². The van der Waals surface area contributed by atoms with E-state index in [0.717, 1.165) is 11.3 Å². The second-order valence-corrected chi connectivity index (χ2v) is 7.08. The quantitative estimate of drug-likeness (QED) is 0.824. The lowest BCUT2D eigenvalue weighted by atomic mass is 10.2. The number of nitrogens with zero attached hydrogens (tertiary/aromatic N) is 2. The zero-order valence-electron chi connectivity index (χ0n) is 11.9. The van der Waals surface area contributed by atoms with Crippen LogP contribution in [0.15, 0.2) is 48.7 Å². The van der Waals surface area contributed by atoms with E-state index in [2.05, 4.69) is 4.98 Å². The molecular formula is C15H19N3O2S. The summed E-state index contributed by atoms with van der Waals surface area (Å²) < 4.78 is 25.9. The van der Waals surface area contributed by atoms with Crippen LogP contribution in [0, 0.1) is 0 Å². The van der Waals surface area contributed by atoms with Gasteiger partial charge in [-0.3, -0.25) is 4.98 Å². The van der Waals surface area contributed by atoms with Crippen molar-refractivity contribution >= 4 is 15.7 Å². The van der Waals surface area contributed by atoms with Crippen LogP contribution in [-0.2, 0) is 23.0 Å². The molecule has 2 rings (SSSR count). The van der Waals surface area contributed by atoms with E-state index >= 15 is 0 Å². The largest absolute Gasteiger partial charge is 0.399 e. The number of nitrogen functional groups attached to an aromatic ring is 1. The summed E-state index contributed by atoms with van der Waals surface area (Å²) in [5.41, 5.74) is 7.97. The summed E-state index contributed by atoms with van der Waals surface area (Å²) >= 11 is 0. The number of hydrogen-bond donors (Lipinski definition) is 1. The van der Waals surface area contributed by atoms with Gasteiger partial charge in [0.05, 0.1) is 5.75 Å². The summed E-state index contributed by atoms with van der Waals surface area (Å²) in [5, 5.41) is 0. The summed E-state index contributed by atoms with van der Waals surface area (Å²) in [5.74, 6) is 0.0511. The lowest BCUT2D eigenvalue weighted by Crippen LogP contribution is -2.29. The van der Waals surface area contributed by atoms with Gasteiger partial charge in [0.2, 0.25) is 10.0 Å². The van der Waals surface area contributed by atoms with Gasteiger partial charge in [0.1, 0.15) is 0 Å².